The van der Waals surface area contributed by atoms with Gasteiger partial charge in [0, 0.05) is 17.9 Å². The van der Waals surface area contributed by atoms with Crippen molar-refractivity contribution in [1.82, 2.24) is 0 Å². The van der Waals surface area contributed by atoms with Crippen LogP contribution < -0.4 is 4.90 Å². The van der Waals surface area contributed by atoms with Gasteiger partial charge in [-0.25, -0.2) is 22.5 Å². The molecule has 7 rings (SSSR count). The smallest absolute Gasteiger partial charge is 0.238 e. The van der Waals surface area contributed by atoms with E-state index in [1.165, 1.54) is 0 Å². The van der Waals surface area contributed by atoms with Crippen molar-refractivity contribution < 1.29 is 27.2 Å². The minimum Gasteiger partial charge on any atom is -0.274 e. The van der Waals surface area contributed by atoms with Gasteiger partial charge in [0.2, 0.25) is 11.8 Å². The summed E-state index contributed by atoms with van der Waals surface area (Å²) >= 11 is 0. The van der Waals surface area contributed by atoms with Crippen LogP contribution in [0.1, 0.15) is 34.1 Å². The highest BCUT2D eigenvalue weighted by Gasteiger charge is 2.62. The molecule has 3 aromatic rings. The summed E-state index contributed by atoms with van der Waals surface area (Å²) < 4.78 is 56.8. The van der Waals surface area contributed by atoms with Crippen LogP contribution in [0.4, 0.5) is 23.2 Å². The van der Waals surface area contributed by atoms with Crippen LogP contribution in [0.2, 0.25) is 0 Å². The fourth-order valence-electron chi connectivity index (χ4n) is 5.65. The van der Waals surface area contributed by atoms with Gasteiger partial charge in [-0.3, -0.25) is 9.59 Å². The van der Waals surface area contributed by atoms with Gasteiger partial charge < -0.3 is 0 Å². The van der Waals surface area contributed by atoms with Gasteiger partial charge in [-0.1, -0.05) is 48.5 Å². The molecule has 2 atom stereocenters. The number of anilines is 1. The third-order valence-electron chi connectivity index (χ3n) is 6.76. The summed E-state index contributed by atoms with van der Waals surface area (Å²) in [7, 11) is 0. The highest BCUT2D eigenvalue weighted by molar-refractivity contribution is 6.23. The van der Waals surface area contributed by atoms with Crippen molar-refractivity contribution >= 4 is 17.5 Å². The number of hydrogen-bond acceptors (Lipinski definition) is 2. The molecular formula is C24H13F4NO2. The Labute approximate surface area is 173 Å². The molecule has 2 unspecified atom stereocenters. The van der Waals surface area contributed by atoms with Crippen molar-refractivity contribution in [2.45, 2.75) is 11.8 Å². The van der Waals surface area contributed by atoms with Crippen molar-refractivity contribution in [3.63, 3.8) is 0 Å². The lowest BCUT2D eigenvalue weighted by Crippen LogP contribution is -2.41. The first-order valence-corrected chi connectivity index (χ1v) is 9.80. The average Bonchev–Trinajstić information content (AvgIpc) is 3.04. The van der Waals surface area contributed by atoms with Gasteiger partial charge in [-0.05, 0) is 22.3 Å². The highest BCUT2D eigenvalue weighted by Crippen LogP contribution is 2.61. The number of carbonyl (C=O) groups excluding carboxylic acids is 2. The lowest BCUT2D eigenvalue weighted by molar-refractivity contribution is -0.122. The maximum Gasteiger partial charge on any atom is 0.238 e. The summed E-state index contributed by atoms with van der Waals surface area (Å²) in [4.78, 5) is 27.1. The molecule has 4 aliphatic rings. The first-order valence-electron chi connectivity index (χ1n) is 9.80. The first-order chi connectivity index (χ1) is 14.9. The van der Waals surface area contributed by atoms with Crippen molar-refractivity contribution in [2.24, 2.45) is 11.8 Å². The second-order valence-corrected chi connectivity index (χ2v) is 8.09. The molecule has 154 valence electrons. The van der Waals surface area contributed by atoms with E-state index in [2.05, 4.69) is 0 Å². The molecule has 3 aromatic carbocycles. The number of carbonyl (C=O) groups is 2. The lowest BCUT2D eigenvalue weighted by Gasteiger charge is -2.45. The molecule has 0 radical (unpaired) electrons. The maximum atomic E-state index is 14.5. The van der Waals surface area contributed by atoms with Gasteiger partial charge >= 0.3 is 0 Å². The molecular weight excluding hydrogens is 410 g/mol. The minimum atomic E-state index is -1.76. The zero-order chi connectivity index (χ0) is 21.6. The number of amides is 2. The second-order valence-electron chi connectivity index (χ2n) is 8.09. The molecule has 2 bridgehead atoms. The fraction of sp³-hybridized carbons (Fsp3) is 0.167. The number of halogens is 4. The van der Waals surface area contributed by atoms with Crippen LogP contribution in [0.3, 0.4) is 0 Å². The SMILES string of the molecule is O=C1C2C3c4ccccc4C(c4ccccc43)C2C(=O)N1c1c(F)c(F)cc(F)c1F. The molecule has 3 aliphatic carbocycles. The third-order valence-corrected chi connectivity index (χ3v) is 6.76. The summed E-state index contributed by atoms with van der Waals surface area (Å²) in [6, 6.07) is 14.9. The lowest BCUT2D eigenvalue weighted by atomic mass is 9.55. The van der Waals surface area contributed by atoms with E-state index in [1.54, 1.807) is 0 Å². The average molecular weight is 423 g/mol. The highest BCUT2D eigenvalue weighted by atomic mass is 19.2. The Balaban J connectivity index is 1.60. The number of imide groups is 1. The van der Waals surface area contributed by atoms with E-state index in [1.807, 2.05) is 48.5 Å². The van der Waals surface area contributed by atoms with Gasteiger partial charge in [0.25, 0.3) is 0 Å². The van der Waals surface area contributed by atoms with E-state index in [-0.39, 0.29) is 6.07 Å². The number of hydrogen-bond donors (Lipinski definition) is 0. The Bertz CT molecular complexity index is 1180. The molecule has 0 N–H and O–H groups in total. The van der Waals surface area contributed by atoms with Gasteiger partial charge in [-0.2, -0.15) is 0 Å². The molecule has 0 saturated carbocycles. The second kappa shape index (κ2) is 6.03. The Hall–Kier alpha value is -3.48. The Morgan fingerprint density at radius 3 is 1.32 bits per heavy atom. The monoisotopic (exact) mass is 423 g/mol. The van der Waals surface area contributed by atoms with E-state index in [0.717, 1.165) is 22.3 Å². The van der Waals surface area contributed by atoms with Crippen LogP contribution in [0.5, 0.6) is 0 Å². The molecule has 1 fully saturated rings. The summed E-state index contributed by atoms with van der Waals surface area (Å²) in [5.74, 6) is -11.4. The molecule has 7 heteroatoms. The van der Waals surface area contributed by atoms with Crippen molar-refractivity contribution in [1.29, 1.82) is 0 Å². The summed E-state index contributed by atoms with van der Waals surface area (Å²) in [5.41, 5.74) is 2.22. The zero-order valence-corrected chi connectivity index (χ0v) is 15.8. The largest absolute Gasteiger partial charge is 0.274 e. The standard InChI is InChI=1S/C24H13F4NO2/c25-14-9-15(26)21(28)22(20(14)27)29-23(30)18-16-10-5-1-2-6-11(10)17(19(18)24(29)31)13-8-4-3-7-12(13)16/h1-9,16-19H. The zero-order valence-electron chi connectivity index (χ0n) is 15.8. The van der Waals surface area contributed by atoms with E-state index in [4.69, 9.17) is 0 Å². The third kappa shape index (κ3) is 2.13. The number of benzene rings is 3. The van der Waals surface area contributed by atoms with E-state index in [9.17, 15) is 27.2 Å². The van der Waals surface area contributed by atoms with E-state index >= 15 is 0 Å². The van der Waals surface area contributed by atoms with Crippen LogP contribution in [0.25, 0.3) is 0 Å². The van der Waals surface area contributed by atoms with Crippen LogP contribution in [-0.4, -0.2) is 11.8 Å². The predicted molar refractivity (Wildman–Crippen MR) is 102 cm³/mol. The van der Waals surface area contributed by atoms with E-state index < -0.39 is 64.4 Å². The number of nitrogens with zero attached hydrogens (tertiary/aromatic N) is 1. The molecule has 0 spiro atoms. The topological polar surface area (TPSA) is 37.4 Å². The molecule has 1 saturated heterocycles. The van der Waals surface area contributed by atoms with Crippen LogP contribution in [0, 0.1) is 35.1 Å². The molecule has 2 amide bonds. The van der Waals surface area contributed by atoms with Gasteiger partial charge in [0.1, 0.15) is 5.69 Å². The van der Waals surface area contributed by atoms with Crippen molar-refractivity contribution in [3.05, 3.63) is 100 Å². The predicted octanol–water partition coefficient (Wildman–Crippen LogP) is 4.64. The quantitative estimate of drug-likeness (QED) is 0.325. The summed E-state index contributed by atoms with van der Waals surface area (Å²) in [6.45, 7) is 0. The normalized spacial score (nSPS) is 25.5. The summed E-state index contributed by atoms with van der Waals surface area (Å²) in [6.07, 6.45) is 0. The molecule has 3 nitrogen and oxygen atoms in total. The Kier molecular flexibility index (Phi) is 3.56. The molecule has 1 aliphatic heterocycles. The van der Waals surface area contributed by atoms with Crippen LogP contribution in [-0.2, 0) is 9.59 Å². The minimum absolute atomic E-state index is 0.0572. The first kappa shape index (κ1) is 18.3. The van der Waals surface area contributed by atoms with Crippen molar-refractivity contribution in [3.8, 4) is 0 Å². The van der Waals surface area contributed by atoms with Gasteiger partial charge in [0.05, 0.1) is 11.8 Å². The van der Waals surface area contributed by atoms with Gasteiger partial charge in [0.15, 0.2) is 23.3 Å². The van der Waals surface area contributed by atoms with Gasteiger partial charge in [-0.15, -0.1) is 0 Å². The Morgan fingerprint density at radius 1 is 0.613 bits per heavy atom. The molecule has 0 aromatic heterocycles. The molecule has 31 heavy (non-hydrogen) atoms. The Morgan fingerprint density at radius 2 is 0.968 bits per heavy atom. The number of rotatable bonds is 1. The van der Waals surface area contributed by atoms with Crippen molar-refractivity contribution in [2.75, 3.05) is 4.90 Å². The fourth-order valence-corrected chi connectivity index (χ4v) is 5.65. The maximum absolute atomic E-state index is 14.5. The molecule has 1 heterocycles. The van der Waals surface area contributed by atoms with Crippen LogP contribution >= 0.6 is 0 Å². The summed E-state index contributed by atoms with van der Waals surface area (Å²) in [5, 5.41) is 0. The van der Waals surface area contributed by atoms with Crippen LogP contribution in [0.15, 0.2) is 54.6 Å². The van der Waals surface area contributed by atoms with E-state index in [0.29, 0.717) is 4.90 Å².